The molecule has 0 spiro atoms. The summed E-state index contributed by atoms with van der Waals surface area (Å²) in [4.78, 5) is 16.6. The number of halogens is 1. The van der Waals surface area contributed by atoms with E-state index >= 15 is 0 Å². The van der Waals surface area contributed by atoms with Crippen molar-refractivity contribution in [2.45, 2.75) is 18.9 Å². The zero-order chi connectivity index (χ0) is 14.4. The Morgan fingerprint density at radius 2 is 1.86 bits per heavy atom. The van der Waals surface area contributed by atoms with E-state index in [0.29, 0.717) is 10.5 Å². The van der Waals surface area contributed by atoms with E-state index in [1.165, 1.54) is 0 Å². The summed E-state index contributed by atoms with van der Waals surface area (Å²) in [5.74, 6) is 0. The SMILES string of the molecule is O=c1nc2ccc(Cl)cc2c(-c2ccccc2)n1C1CC1. The second-order valence-electron chi connectivity index (χ2n) is 5.37. The molecule has 1 heterocycles. The number of rotatable bonds is 2. The minimum absolute atomic E-state index is 0.175. The Hall–Kier alpha value is -2.13. The largest absolute Gasteiger partial charge is 0.348 e. The highest BCUT2D eigenvalue weighted by Crippen LogP contribution is 2.39. The molecule has 0 N–H and O–H groups in total. The lowest BCUT2D eigenvalue weighted by atomic mass is 10.1. The van der Waals surface area contributed by atoms with Gasteiger partial charge in [0.1, 0.15) is 0 Å². The second-order valence-corrected chi connectivity index (χ2v) is 5.81. The maximum Gasteiger partial charge on any atom is 0.348 e. The minimum Gasteiger partial charge on any atom is -0.288 e. The molecule has 0 amide bonds. The topological polar surface area (TPSA) is 34.9 Å². The number of benzene rings is 2. The fraction of sp³-hybridized carbons (Fsp3) is 0.176. The number of nitrogens with zero attached hydrogens (tertiary/aromatic N) is 2. The Morgan fingerprint density at radius 3 is 2.57 bits per heavy atom. The van der Waals surface area contributed by atoms with Crippen molar-refractivity contribution in [3.05, 3.63) is 64.0 Å². The maximum atomic E-state index is 12.4. The predicted molar refractivity (Wildman–Crippen MR) is 84.7 cm³/mol. The average molecular weight is 297 g/mol. The number of hydrogen-bond donors (Lipinski definition) is 0. The number of fused-ring (bicyclic) bond motifs is 1. The van der Waals surface area contributed by atoms with Crippen LogP contribution in [0, 0.1) is 0 Å². The Balaban J connectivity index is 2.15. The minimum atomic E-state index is -0.175. The van der Waals surface area contributed by atoms with Crippen molar-refractivity contribution in [1.29, 1.82) is 0 Å². The van der Waals surface area contributed by atoms with Gasteiger partial charge in [-0.25, -0.2) is 4.79 Å². The van der Waals surface area contributed by atoms with Crippen LogP contribution in [0.15, 0.2) is 53.3 Å². The van der Waals surface area contributed by atoms with Gasteiger partial charge in [0.25, 0.3) is 0 Å². The standard InChI is InChI=1S/C17H13ClN2O/c18-12-6-9-15-14(10-12)16(11-4-2-1-3-5-11)20(13-7-8-13)17(21)19-15/h1-6,9-10,13H,7-8H2. The number of hydrogen-bond acceptors (Lipinski definition) is 2. The summed E-state index contributed by atoms with van der Waals surface area (Å²) < 4.78 is 1.83. The molecule has 1 saturated carbocycles. The van der Waals surface area contributed by atoms with Gasteiger partial charge in [-0.05, 0) is 36.6 Å². The first-order valence-corrected chi connectivity index (χ1v) is 7.39. The van der Waals surface area contributed by atoms with Gasteiger partial charge >= 0.3 is 5.69 Å². The van der Waals surface area contributed by atoms with Gasteiger partial charge in [-0.1, -0.05) is 41.9 Å². The molecule has 0 unspecified atom stereocenters. The molecule has 0 aliphatic heterocycles. The third-order valence-electron chi connectivity index (χ3n) is 3.84. The Bertz CT molecular complexity index is 882. The quantitative estimate of drug-likeness (QED) is 0.715. The zero-order valence-electron chi connectivity index (χ0n) is 11.3. The van der Waals surface area contributed by atoms with Gasteiger partial charge < -0.3 is 0 Å². The van der Waals surface area contributed by atoms with Crippen molar-refractivity contribution in [2.24, 2.45) is 0 Å². The van der Waals surface area contributed by atoms with Crippen molar-refractivity contribution in [1.82, 2.24) is 9.55 Å². The van der Waals surface area contributed by atoms with Crippen LogP contribution in [0.2, 0.25) is 5.02 Å². The van der Waals surface area contributed by atoms with E-state index in [0.717, 1.165) is 29.5 Å². The monoisotopic (exact) mass is 296 g/mol. The molecule has 4 rings (SSSR count). The third kappa shape index (κ3) is 2.14. The predicted octanol–water partition coefficient (Wildman–Crippen LogP) is 4.05. The van der Waals surface area contributed by atoms with Gasteiger partial charge in [-0.15, -0.1) is 0 Å². The molecule has 21 heavy (non-hydrogen) atoms. The van der Waals surface area contributed by atoms with Crippen LogP contribution in [0.1, 0.15) is 18.9 Å². The lowest BCUT2D eigenvalue weighted by molar-refractivity contribution is 0.698. The highest BCUT2D eigenvalue weighted by molar-refractivity contribution is 6.31. The molecule has 1 fully saturated rings. The van der Waals surface area contributed by atoms with Crippen LogP contribution >= 0.6 is 11.6 Å². The fourth-order valence-corrected chi connectivity index (χ4v) is 2.91. The van der Waals surface area contributed by atoms with Crippen LogP contribution < -0.4 is 5.69 Å². The van der Waals surface area contributed by atoms with E-state index in [2.05, 4.69) is 4.98 Å². The van der Waals surface area contributed by atoms with Crippen molar-refractivity contribution >= 4 is 22.5 Å². The van der Waals surface area contributed by atoms with Gasteiger partial charge in [0.05, 0.1) is 11.2 Å². The lowest BCUT2D eigenvalue weighted by Crippen LogP contribution is -2.24. The molecule has 1 aromatic heterocycles. The van der Waals surface area contributed by atoms with Gasteiger partial charge in [0.15, 0.2) is 0 Å². The van der Waals surface area contributed by atoms with Crippen LogP contribution in [-0.2, 0) is 0 Å². The molecule has 3 nitrogen and oxygen atoms in total. The van der Waals surface area contributed by atoms with Crippen LogP contribution in [0.5, 0.6) is 0 Å². The Labute approximate surface area is 126 Å². The van der Waals surface area contributed by atoms with Gasteiger partial charge in [-0.3, -0.25) is 4.57 Å². The Kier molecular flexibility index (Phi) is 2.82. The van der Waals surface area contributed by atoms with Crippen LogP contribution in [0.3, 0.4) is 0 Å². The summed E-state index contributed by atoms with van der Waals surface area (Å²) in [5, 5.41) is 1.59. The van der Waals surface area contributed by atoms with Gasteiger partial charge in [0, 0.05) is 16.5 Å². The van der Waals surface area contributed by atoms with Crippen LogP contribution in [-0.4, -0.2) is 9.55 Å². The van der Waals surface area contributed by atoms with E-state index in [4.69, 9.17) is 11.6 Å². The van der Waals surface area contributed by atoms with Gasteiger partial charge in [-0.2, -0.15) is 4.98 Å². The second kappa shape index (κ2) is 4.71. The molecule has 4 heteroatoms. The third-order valence-corrected chi connectivity index (χ3v) is 4.07. The number of aromatic nitrogens is 2. The van der Waals surface area contributed by atoms with Gasteiger partial charge in [0.2, 0.25) is 0 Å². The van der Waals surface area contributed by atoms with E-state index in [1.54, 1.807) is 6.07 Å². The van der Waals surface area contributed by atoms with Crippen molar-refractivity contribution in [2.75, 3.05) is 0 Å². The summed E-state index contributed by atoms with van der Waals surface area (Å²) in [6.45, 7) is 0. The molecular formula is C17H13ClN2O. The normalized spacial score (nSPS) is 14.5. The summed E-state index contributed by atoms with van der Waals surface area (Å²) in [6.07, 6.45) is 2.07. The molecule has 3 aromatic rings. The Morgan fingerprint density at radius 1 is 1.10 bits per heavy atom. The van der Waals surface area contributed by atoms with E-state index in [-0.39, 0.29) is 11.7 Å². The molecule has 1 aliphatic carbocycles. The van der Waals surface area contributed by atoms with Crippen molar-refractivity contribution < 1.29 is 0 Å². The molecule has 0 saturated heterocycles. The first-order valence-electron chi connectivity index (χ1n) is 7.01. The highest BCUT2D eigenvalue weighted by Gasteiger charge is 2.28. The van der Waals surface area contributed by atoms with Crippen LogP contribution in [0.25, 0.3) is 22.2 Å². The molecular weight excluding hydrogens is 284 g/mol. The van der Waals surface area contributed by atoms with E-state index in [1.807, 2.05) is 47.0 Å². The van der Waals surface area contributed by atoms with E-state index < -0.39 is 0 Å². The summed E-state index contributed by atoms with van der Waals surface area (Å²) in [6, 6.07) is 15.7. The first-order chi connectivity index (χ1) is 10.2. The van der Waals surface area contributed by atoms with Crippen molar-refractivity contribution in [3.63, 3.8) is 0 Å². The maximum absolute atomic E-state index is 12.4. The molecule has 0 atom stereocenters. The zero-order valence-corrected chi connectivity index (χ0v) is 12.0. The van der Waals surface area contributed by atoms with Crippen molar-refractivity contribution in [3.8, 4) is 11.3 Å². The molecule has 0 bridgehead atoms. The van der Waals surface area contributed by atoms with E-state index in [9.17, 15) is 4.79 Å². The smallest absolute Gasteiger partial charge is 0.288 e. The molecule has 0 radical (unpaired) electrons. The first kappa shape index (κ1) is 12.6. The summed E-state index contributed by atoms with van der Waals surface area (Å²) >= 11 is 6.15. The average Bonchev–Trinajstić information content (AvgIpc) is 3.32. The fourth-order valence-electron chi connectivity index (χ4n) is 2.74. The van der Waals surface area contributed by atoms with Crippen LogP contribution in [0.4, 0.5) is 0 Å². The molecule has 1 aliphatic rings. The molecule has 2 aromatic carbocycles. The highest BCUT2D eigenvalue weighted by atomic mass is 35.5. The lowest BCUT2D eigenvalue weighted by Gasteiger charge is -2.14. The summed E-state index contributed by atoms with van der Waals surface area (Å²) in [5.41, 5.74) is 2.47. The molecule has 104 valence electrons. The summed E-state index contributed by atoms with van der Waals surface area (Å²) in [7, 11) is 0.